The van der Waals surface area contributed by atoms with E-state index in [1.807, 2.05) is 6.92 Å². The summed E-state index contributed by atoms with van der Waals surface area (Å²) in [7, 11) is 0. The van der Waals surface area contributed by atoms with E-state index in [2.05, 4.69) is 12.2 Å². The largest absolute Gasteiger partial charge is 0.382 e. The Kier molecular flexibility index (Phi) is 3.86. The Morgan fingerprint density at radius 3 is 2.29 bits per heavy atom. The molecule has 0 heterocycles. The number of halogens is 2. The first-order chi connectivity index (χ1) is 6.61. The third kappa shape index (κ3) is 3.32. The molecule has 0 bridgehead atoms. The van der Waals surface area contributed by atoms with Crippen molar-refractivity contribution in [1.82, 2.24) is 0 Å². The first-order valence-corrected chi connectivity index (χ1v) is 4.84. The monoisotopic (exact) mass is 199 g/mol. The summed E-state index contributed by atoms with van der Waals surface area (Å²) in [5, 5.41) is 3.04. The normalized spacial score (nSPS) is 12.6. The van der Waals surface area contributed by atoms with E-state index in [0.717, 1.165) is 18.9 Å². The Bertz CT molecular complexity index is 279. The van der Waals surface area contributed by atoms with Crippen molar-refractivity contribution < 1.29 is 8.78 Å². The third-order valence-electron chi connectivity index (χ3n) is 2.00. The van der Waals surface area contributed by atoms with Crippen LogP contribution in [0.2, 0.25) is 0 Å². The van der Waals surface area contributed by atoms with Crippen molar-refractivity contribution in [3.05, 3.63) is 29.8 Å². The maximum Gasteiger partial charge on any atom is 0.128 e. The molecule has 1 N–H and O–H groups in total. The van der Waals surface area contributed by atoms with E-state index in [9.17, 15) is 8.78 Å². The number of rotatable bonds is 4. The molecule has 0 aliphatic rings. The highest BCUT2D eigenvalue weighted by Crippen LogP contribution is 2.14. The van der Waals surface area contributed by atoms with Crippen molar-refractivity contribution in [3.8, 4) is 0 Å². The Hall–Kier alpha value is -1.12. The van der Waals surface area contributed by atoms with Gasteiger partial charge < -0.3 is 5.32 Å². The standard InChI is InChI=1S/C11H15F2N/c1-3-4-8(2)14-11-6-9(12)5-10(13)7-11/h5-8,14H,3-4H2,1-2H3. The fraction of sp³-hybridized carbons (Fsp3) is 0.455. The zero-order valence-electron chi connectivity index (χ0n) is 8.48. The molecule has 1 aromatic rings. The highest BCUT2D eigenvalue weighted by Gasteiger charge is 2.03. The van der Waals surface area contributed by atoms with Crippen LogP contribution >= 0.6 is 0 Å². The smallest absolute Gasteiger partial charge is 0.128 e. The third-order valence-corrected chi connectivity index (χ3v) is 2.00. The molecule has 0 saturated heterocycles. The van der Waals surface area contributed by atoms with Gasteiger partial charge in [-0.1, -0.05) is 13.3 Å². The summed E-state index contributed by atoms with van der Waals surface area (Å²) in [6, 6.07) is 3.71. The van der Waals surface area contributed by atoms with Crippen LogP contribution in [-0.2, 0) is 0 Å². The van der Waals surface area contributed by atoms with Crippen LogP contribution in [0.25, 0.3) is 0 Å². The zero-order valence-corrected chi connectivity index (χ0v) is 8.48. The summed E-state index contributed by atoms with van der Waals surface area (Å²) in [4.78, 5) is 0. The summed E-state index contributed by atoms with van der Waals surface area (Å²) >= 11 is 0. The molecule has 14 heavy (non-hydrogen) atoms. The molecule has 1 unspecified atom stereocenters. The summed E-state index contributed by atoms with van der Waals surface area (Å²) in [6.07, 6.45) is 2.03. The van der Waals surface area contributed by atoms with Crippen LogP contribution in [0.5, 0.6) is 0 Å². The van der Waals surface area contributed by atoms with Gasteiger partial charge in [-0.15, -0.1) is 0 Å². The Labute approximate surface area is 83.1 Å². The topological polar surface area (TPSA) is 12.0 Å². The van der Waals surface area contributed by atoms with Crippen LogP contribution in [0.3, 0.4) is 0 Å². The van der Waals surface area contributed by atoms with Gasteiger partial charge in [0, 0.05) is 17.8 Å². The second-order valence-corrected chi connectivity index (χ2v) is 3.49. The molecule has 0 aliphatic heterocycles. The van der Waals surface area contributed by atoms with Gasteiger partial charge in [-0.05, 0) is 25.5 Å². The van der Waals surface area contributed by atoms with E-state index < -0.39 is 11.6 Å². The average Bonchev–Trinajstić information content (AvgIpc) is 2.01. The van der Waals surface area contributed by atoms with Crippen molar-refractivity contribution in [2.24, 2.45) is 0 Å². The molecule has 0 fully saturated rings. The van der Waals surface area contributed by atoms with Crippen molar-refractivity contribution >= 4 is 5.69 Å². The maximum absolute atomic E-state index is 12.8. The van der Waals surface area contributed by atoms with Crippen molar-refractivity contribution in [1.29, 1.82) is 0 Å². The minimum absolute atomic E-state index is 0.237. The summed E-state index contributed by atoms with van der Waals surface area (Å²) in [5.74, 6) is -1.09. The maximum atomic E-state index is 12.8. The lowest BCUT2D eigenvalue weighted by molar-refractivity contribution is 0.583. The zero-order chi connectivity index (χ0) is 10.6. The van der Waals surface area contributed by atoms with Gasteiger partial charge >= 0.3 is 0 Å². The number of hydrogen-bond donors (Lipinski definition) is 1. The van der Waals surface area contributed by atoms with E-state index in [0.29, 0.717) is 5.69 Å². The van der Waals surface area contributed by atoms with Crippen LogP contribution in [-0.4, -0.2) is 6.04 Å². The molecule has 0 aromatic heterocycles. The number of anilines is 1. The summed E-state index contributed by atoms with van der Waals surface area (Å²) < 4.78 is 25.6. The quantitative estimate of drug-likeness (QED) is 0.781. The van der Waals surface area contributed by atoms with Crippen LogP contribution in [0.4, 0.5) is 14.5 Å². The minimum atomic E-state index is -0.545. The number of hydrogen-bond acceptors (Lipinski definition) is 1. The molecular weight excluding hydrogens is 184 g/mol. The SMILES string of the molecule is CCCC(C)Nc1cc(F)cc(F)c1. The molecule has 1 aromatic carbocycles. The fourth-order valence-electron chi connectivity index (χ4n) is 1.43. The lowest BCUT2D eigenvalue weighted by Crippen LogP contribution is -2.14. The Morgan fingerprint density at radius 1 is 1.21 bits per heavy atom. The van der Waals surface area contributed by atoms with Crippen LogP contribution in [0, 0.1) is 11.6 Å². The molecule has 0 spiro atoms. The fourth-order valence-corrected chi connectivity index (χ4v) is 1.43. The summed E-state index contributed by atoms with van der Waals surface area (Å²) in [6.45, 7) is 4.07. The van der Waals surface area contributed by atoms with E-state index in [1.54, 1.807) is 0 Å². The van der Waals surface area contributed by atoms with E-state index in [4.69, 9.17) is 0 Å². The van der Waals surface area contributed by atoms with Crippen LogP contribution in [0.15, 0.2) is 18.2 Å². The molecule has 0 saturated carbocycles. The molecule has 0 aliphatic carbocycles. The second-order valence-electron chi connectivity index (χ2n) is 3.49. The number of nitrogens with one attached hydrogen (secondary N) is 1. The number of benzene rings is 1. The van der Waals surface area contributed by atoms with Gasteiger partial charge in [0.2, 0.25) is 0 Å². The second kappa shape index (κ2) is 4.94. The molecule has 0 amide bonds. The molecule has 78 valence electrons. The van der Waals surface area contributed by atoms with Crippen LogP contribution in [0.1, 0.15) is 26.7 Å². The first-order valence-electron chi connectivity index (χ1n) is 4.84. The van der Waals surface area contributed by atoms with Crippen molar-refractivity contribution in [3.63, 3.8) is 0 Å². The van der Waals surface area contributed by atoms with Crippen molar-refractivity contribution in [2.45, 2.75) is 32.7 Å². The Balaban J connectivity index is 2.66. The van der Waals surface area contributed by atoms with Crippen molar-refractivity contribution in [2.75, 3.05) is 5.32 Å². The lowest BCUT2D eigenvalue weighted by Gasteiger charge is -2.14. The van der Waals surface area contributed by atoms with Gasteiger partial charge in [0.15, 0.2) is 0 Å². The van der Waals surface area contributed by atoms with E-state index in [1.165, 1.54) is 12.1 Å². The summed E-state index contributed by atoms with van der Waals surface area (Å²) in [5.41, 5.74) is 0.503. The van der Waals surface area contributed by atoms with E-state index in [-0.39, 0.29) is 6.04 Å². The Morgan fingerprint density at radius 2 is 1.79 bits per heavy atom. The van der Waals surface area contributed by atoms with Gasteiger partial charge in [-0.25, -0.2) is 8.78 Å². The van der Waals surface area contributed by atoms with Crippen LogP contribution < -0.4 is 5.32 Å². The predicted molar refractivity (Wildman–Crippen MR) is 54.4 cm³/mol. The molecule has 3 heteroatoms. The van der Waals surface area contributed by atoms with Gasteiger partial charge in [0.1, 0.15) is 11.6 Å². The average molecular weight is 199 g/mol. The molecule has 1 nitrogen and oxygen atoms in total. The molecule has 1 rings (SSSR count). The highest BCUT2D eigenvalue weighted by molar-refractivity contribution is 5.44. The first kappa shape index (κ1) is 11.0. The molecular formula is C11H15F2N. The molecule has 1 atom stereocenters. The predicted octanol–water partition coefficient (Wildman–Crippen LogP) is 3.57. The lowest BCUT2D eigenvalue weighted by atomic mass is 10.2. The van der Waals surface area contributed by atoms with Gasteiger partial charge in [-0.3, -0.25) is 0 Å². The highest BCUT2D eigenvalue weighted by atomic mass is 19.1. The molecule has 0 radical (unpaired) electrons. The van der Waals surface area contributed by atoms with E-state index >= 15 is 0 Å². The van der Waals surface area contributed by atoms with Gasteiger partial charge in [-0.2, -0.15) is 0 Å². The van der Waals surface area contributed by atoms with Gasteiger partial charge in [0.25, 0.3) is 0 Å². The minimum Gasteiger partial charge on any atom is -0.382 e. The van der Waals surface area contributed by atoms with Gasteiger partial charge in [0.05, 0.1) is 0 Å².